The van der Waals surface area contributed by atoms with E-state index in [0.717, 1.165) is 16.7 Å². The number of hydrogen-bond acceptors (Lipinski definition) is 7. The molecule has 0 bridgehead atoms. The average Bonchev–Trinajstić information content (AvgIpc) is 3.03. The highest BCUT2D eigenvalue weighted by Gasteiger charge is 2.20. The molecule has 5 aromatic carbocycles. The molecule has 238 valence electrons. The van der Waals surface area contributed by atoms with Crippen molar-refractivity contribution in [3.63, 3.8) is 0 Å². The van der Waals surface area contributed by atoms with E-state index in [4.69, 9.17) is 4.74 Å². The lowest BCUT2D eigenvalue weighted by atomic mass is 10.0. The van der Waals surface area contributed by atoms with Gasteiger partial charge in [-0.15, -0.1) is 0 Å². The summed E-state index contributed by atoms with van der Waals surface area (Å²) in [5.41, 5.74) is 3.22. The van der Waals surface area contributed by atoms with Crippen LogP contribution in [0.25, 0.3) is 0 Å². The molecule has 0 aromatic heterocycles. The van der Waals surface area contributed by atoms with E-state index in [1.54, 1.807) is 74.5 Å². The summed E-state index contributed by atoms with van der Waals surface area (Å²) >= 11 is 0. The quantitative estimate of drug-likeness (QED) is 0.166. The van der Waals surface area contributed by atoms with Crippen LogP contribution in [0.3, 0.4) is 0 Å². The monoisotopic (exact) mass is 675 g/mol. The number of nitrogens with one attached hydrogen (secondary N) is 1. The molecular weight excluding hydrogens is 643 g/mol. The van der Waals surface area contributed by atoms with Crippen LogP contribution in [0.4, 0.5) is 0 Å². The first kappa shape index (κ1) is 33.1. The van der Waals surface area contributed by atoms with E-state index in [1.807, 2.05) is 13.0 Å². The summed E-state index contributed by atoms with van der Waals surface area (Å²) in [4.78, 5) is 0.772. The molecule has 1 N–H and O–H groups in total. The third kappa shape index (κ3) is 7.23. The number of ether oxygens (including phenoxy) is 1. The lowest BCUT2D eigenvalue weighted by Gasteiger charge is -2.11. The molecule has 0 aliphatic carbocycles. The van der Waals surface area contributed by atoms with Gasteiger partial charge < -0.3 is 4.74 Å². The van der Waals surface area contributed by atoms with Crippen LogP contribution in [0.5, 0.6) is 11.5 Å². The number of rotatable bonds is 11. The van der Waals surface area contributed by atoms with E-state index < -0.39 is 29.7 Å². The molecule has 0 radical (unpaired) electrons. The van der Waals surface area contributed by atoms with E-state index in [2.05, 4.69) is 4.72 Å². The highest BCUT2D eigenvalue weighted by atomic mass is 32.2. The first-order valence-corrected chi connectivity index (χ1v) is 18.9. The largest absolute Gasteiger partial charge is 0.457 e. The topological polar surface area (TPSA) is 124 Å². The average molecular weight is 676 g/mol. The van der Waals surface area contributed by atoms with Crippen molar-refractivity contribution in [1.29, 1.82) is 0 Å². The van der Waals surface area contributed by atoms with Gasteiger partial charge in [0, 0.05) is 6.54 Å². The van der Waals surface area contributed by atoms with Gasteiger partial charge in [-0.1, -0.05) is 48.9 Å². The molecule has 0 aliphatic rings. The number of sulfone groups is 2. The lowest BCUT2D eigenvalue weighted by molar-refractivity contribution is 0.481. The Kier molecular flexibility index (Phi) is 9.50. The van der Waals surface area contributed by atoms with Crippen molar-refractivity contribution in [1.82, 2.24) is 4.72 Å². The van der Waals surface area contributed by atoms with Crippen LogP contribution in [0, 0.1) is 13.8 Å². The molecule has 8 nitrogen and oxygen atoms in total. The van der Waals surface area contributed by atoms with Crippen molar-refractivity contribution in [3.8, 4) is 11.5 Å². The van der Waals surface area contributed by atoms with Crippen molar-refractivity contribution < 1.29 is 30.0 Å². The van der Waals surface area contributed by atoms with E-state index in [9.17, 15) is 25.3 Å². The summed E-state index contributed by atoms with van der Waals surface area (Å²) < 4.78 is 85.9. The van der Waals surface area contributed by atoms with Gasteiger partial charge >= 0.3 is 0 Å². The maximum Gasteiger partial charge on any atom is 0.240 e. The molecule has 11 heteroatoms. The maximum absolute atomic E-state index is 13.3. The smallest absolute Gasteiger partial charge is 0.240 e. The van der Waals surface area contributed by atoms with E-state index >= 15 is 0 Å². The van der Waals surface area contributed by atoms with E-state index in [1.165, 1.54) is 48.5 Å². The summed E-state index contributed by atoms with van der Waals surface area (Å²) in [5.74, 6) is 0.783. The van der Waals surface area contributed by atoms with Crippen LogP contribution in [-0.2, 0) is 36.1 Å². The Morgan fingerprint density at radius 1 is 0.543 bits per heavy atom. The molecule has 0 fully saturated rings. The highest BCUT2D eigenvalue weighted by molar-refractivity contribution is 7.91. The molecule has 46 heavy (non-hydrogen) atoms. The second-order valence-corrected chi connectivity index (χ2v) is 16.4. The summed E-state index contributed by atoms with van der Waals surface area (Å²) in [7, 11) is -11.1. The van der Waals surface area contributed by atoms with Gasteiger partial charge in [-0.2, -0.15) is 0 Å². The molecule has 0 heterocycles. The number of benzene rings is 5. The molecule has 5 aromatic rings. The van der Waals surface area contributed by atoms with Gasteiger partial charge in [0.15, 0.2) is 0 Å². The van der Waals surface area contributed by atoms with Crippen molar-refractivity contribution >= 4 is 29.7 Å². The standard InChI is InChI=1S/C35H33NO7S3/c1-4-36-46(41,42)35-24-28(8-7-26(35)3)23-27-9-17-32(18-10-27)45(39,40)34-21-13-30(14-22-34)43-29-11-19-33(20-12-29)44(37,38)31-15-5-25(2)6-16-31/h5-22,24,36H,4,23H2,1-3H3. The Hall–Kier alpha value is -4.29. The number of hydrogen-bond donors (Lipinski definition) is 1. The molecule has 0 spiro atoms. The Morgan fingerprint density at radius 2 is 0.957 bits per heavy atom. The second kappa shape index (κ2) is 13.2. The first-order chi connectivity index (χ1) is 21.8. The summed E-state index contributed by atoms with van der Waals surface area (Å²) in [6.07, 6.45) is 0.431. The SMILES string of the molecule is CCNS(=O)(=O)c1cc(Cc2ccc(S(=O)(=O)c3ccc(Oc4ccc(S(=O)(=O)c5ccc(C)cc5)cc4)cc3)cc2)ccc1C. The Balaban J connectivity index is 1.26. The zero-order chi connectivity index (χ0) is 33.1. The zero-order valence-corrected chi connectivity index (χ0v) is 27.9. The normalized spacial score (nSPS) is 12.2. The molecule has 0 unspecified atom stereocenters. The van der Waals surface area contributed by atoms with Crippen molar-refractivity contribution in [2.75, 3.05) is 6.54 Å². The fraction of sp³-hybridized carbons (Fsp3) is 0.143. The van der Waals surface area contributed by atoms with Crippen LogP contribution in [0.15, 0.2) is 140 Å². The summed E-state index contributed by atoms with van der Waals surface area (Å²) in [6, 6.07) is 30.4. The van der Waals surface area contributed by atoms with Crippen molar-refractivity contribution in [2.24, 2.45) is 0 Å². The van der Waals surface area contributed by atoms with Gasteiger partial charge in [0.1, 0.15) is 11.5 Å². The first-order valence-electron chi connectivity index (χ1n) is 14.4. The van der Waals surface area contributed by atoms with E-state index in [0.29, 0.717) is 23.5 Å². The summed E-state index contributed by atoms with van der Waals surface area (Å²) in [5, 5.41) is 0. The van der Waals surface area contributed by atoms with Crippen LogP contribution < -0.4 is 9.46 Å². The Morgan fingerprint density at radius 3 is 1.41 bits per heavy atom. The Labute approximate surface area is 270 Å². The minimum absolute atomic E-state index is 0.0870. The third-order valence-electron chi connectivity index (χ3n) is 7.35. The fourth-order valence-electron chi connectivity index (χ4n) is 4.83. The predicted molar refractivity (Wildman–Crippen MR) is 176 cm³/mol. The van der Waals surface area contributed by atoms with Crippen molar-refractivity contribution in [2.45, 2.75) is 51.7 Å². The molecule has 0 aliphatic heterocycles. The third-order valence-corrected chi connectivity index (χ3v) is 12.6. The van der Waals surface area contributed by atoms with Crippen LogP contribution in [0.1, 0.15) is 29.2 Å². The Bertz CT molecular complexity index is 2180. The maximum atomic E-state index is 13.3. The highest BCUT2D eigenvalue weighted by Crippen LogP contribution is 2.29. The lowest BCUT2D eigenvalue weighted by Crippen LogP contribution is -2.24. The van der Waals surface area contributed by atoms with Crippen LogP contribution in [-0.4, -0.2) is 31.8 Å². The summed E-state index contributed by atoms with van der Waals surface area (Å²) in [6.45, 7) is 5.64. The van der Waals surface area contributed by atoms with Gasteiger partial charge in [0.05, 0.1) is 24.5 Å². The van der Waals surface area contributed by atoms with Gasteiger partial charge in [-0.3, -0.25) is 0 Å². The molecule has 0 saturated heterocycles. The molecular formula is C35H33NO7S3. The number of sulfonamides is 1. The second-order valence-electron chi connectivity index (χ2n) is 10.8. The van der Waals surface area contributed by atoms with Crippen molar-refractivity contribution in [3.05, 3.63) is 138 Å². The van der Waals surface area contributed by atoms with E-state index in [-0.39, 0.29) is 31.0 Å². The van der Waals surface area contributed by atoms with Gasteiger partial charge in [-0.05, 0) is 116 Å². The van der Waals surface area contributed by atoms with Gasteiger partial charge in [0.25, 0.3) is 0 Å². The predicted octanol–water partition coefficient (Wildman–Crippen LogP) is 6.65. The molecule has 0 atom stereocenters. The minimum Gasteiger partial charge on any atom is -0.457 e. The zero-order valence-electron chi connectivity index (χ0n) is 25.5. The fourth-order valence-corrected chi connectivity index (χ4v) is 8.69. The molecule has 0 amide bonds. The van der Waals surface area contributed by atoms with Gasteiger partial charge in [-0.25, -0.2) is 30.0 Å². The minimum atomic E-state index is -3.82. The van der Waals surface area contributed by atoms with Crippen LogP contribution in [0.2, 0.25) is 0 Å². The molecule has 0 saturated carbocycles. The molecule has 5 rings (SSSR count). The number of aryl methyl sites for hydroxylation is 2. The van der Waals surface area contributed by atoms with Crippen LogP contribution >= 0.6 is 0 Å². The van der Waals surface area contributed by atoms with Gasteiger partial charge in [0.2, 0.25) is 29.7 Å².